The molecule has 0 amide bonds. The number of epoxide rings is 2. The molecular weight excluding hydrogens is 612 g/mol. The lowest BCUT2D eigenvalue weighted by Gasteiger charge is -2.64. The van der Waals surface area contributed by atoms with E-state index < -0.39 is 118 Å². The first-order chi connectivity index (χ1) is 21.5. The zero-order valence-electron chi connectivity index (χ0n) is 30.2. The Hall–Kier alpha value is -2.57. The maximum absolute atomic E-state index is 14.4. The Labute approximate surface area is 277 Å². The number of hydrogen-bond donors (Lipinski definition) is 1. The lowest BCUT2D eigenvalue weighted by molar-refractivity contribution is -0.301. The van der Waals surface area contributed by atoms with Crippen LogP contribution in [0.3, 0.4) is 0 Å². The molecule has 266 valence electrons. The van der Waals surface area contributed by atoms with E-state index in [1.54, 1.807) is 62.3 Å². The summed E-state index contributed by atoms with van der Waals surface area (Å²) in [7, 11) is 0. The summed E-state index contributed by atoms with van der Waals surface area (Å²) in [6.45, 7) is 21.2. The number of esters is 4. The minimum absolute atomic E-state index is 0.438. The molecule has 0 aromatic carbocycles. The Morgan fingerprint density at radius 3 is 1.89 bits per heavy atom. The second kappa shape index (κ2) is 11.8. The Morgan fingerprint density at radius 1 is 0.851 bits per heavy atom. The van der Waals surface area contributed by atoms with Crippen LogP contribution in [0.25, 0.3) is 0 Å². The molecule has 12 heteroatoms. The molecule has 2 heterocycles. The largest absolute Gasteiger partial charge is 0.462 e. The molecule has 2 aliphatic carbocycles. The van der Waals surface area contributed by atoms with Crippen LogP contribution < -0.4 is 0 Å². The van der Waals surface area contributed by atoms with Crippen molar-refractivity contribution in [2.24, 2.45) is 40.9 Å². The first kappa shape index (κ1) is 37.3. The summed E-state index contributed by atoms with van der Waals surface area (Å²) >= 11 is 0. The van der Waals surface area contributed by atoms with Crippen molar-refractivity contribution >= 4 is 29.7 Å². The van der Waals surface area contributed by atoms with Crippen LogP contribution in [-0.2, 0) is 52.4 Å². The summed E-state index contributed by atoms with van der Waals surface area (Å²) < 4.78 is 37.0. The number of aliphatic hydroxyl groups is 1. The summed E-state index contributed by atoms with van der Waals surface area (Å²) in [5.41, 5.74) is -8.26. The van der Waals surface area contributed by atoms with E-state index in [9.17, 15) is 29.1 Å². The zero-order chi connectivity index (χ0) is 35.9. The average molecular weight is 667 g/mol. The SMILES string of the molecule is CCC(C)C(=O)OC1C(C)C2(O)C(C3OC3(COC(C)=O)[C@]3(OC(C)=O)OC3(C(=O)C(C)C)C2C)C(C)(C)C1(C)OC(=O)C(C)CC. The monoisotopic (exact) mass is 666 g/mol. The van der Waals surface area contributed by atoms with Gasteiger partial charge in [0.15, 0.2) is 17.0 Å². The molecular formula is C35H54O12. The van der Waals surface area contributed by atoms with Gasteiger partial charge >= 0.3 is 23.9 Å². The topological polar surface area (TPSA) is 168 Å². The van der Waals surface area contributed by atoms with Gasteiger partial charge in [0.05, 0.1) is 17.4 Å². The van der Waals surface area contributed by atoms with E-state index in [-0.39, 0.29) is 0 Å². The second-order valence-electron chi connectivity index (χ2n) is 15.4. The van der Waals surface area contributed by atoms with Gasteiger partial charge in [-0.25, -0.2) is 0 Å². The van der Waals surface area contributed by atoms with Crippen LogP contribution in [0.2, 0.25) is 0 Å². The highest BCUT2D eigenvalue weighted by atomic mass is 16.9. The van der Waals surface area contributed by atoms with Crippen molar-refractivity contribution in [1.82, 2.24) is 0 Å². The van der Waals surface area contributed by atoms with Crippen molar-refractivity contribution < 1.29 is 57.5 Å². The van der Waals surface area contributed by atoms with Crippen molar-refractivity contribution in [3.63, 3.8) is 0 Å². The van der Waals surface area contributed by atoms with Gasteiger partial charge in [0.2, 0.25) is 5.60 Å². The van der Waals surface area contributed by atoms with E-state index >= 15 is 0 Å². The molecule has 4 rings (SSSR count). The molecule has 0 radical (unpaired) electrons. The molecule has 0 spiro atoms. The second-order valence-corrected chi connectivity index (χ2v) is 15.4. The van der Waals surface area contributed by atoms with E-state index in [2.05, 4.69) is 0 Å². The summed E-state index contributed by atoms with van der Waals surface area (Å²) in [6, 6.07) is 0. The summed E-state index contributed by atoms with van der Waals surface area (Å²) in [5, 5.41) is 13.4. The molecule has 0 aromatic heterocycles. The van der Waals surface area contributed by atoms with E-state index in [0.29, 0.717) is 12.8 Å². The lowest BCUT2D eigenvalue weighted by atomic mass is 9.46. The Kier molecular flexibility index (Phi) is 9.35. The van der Waals surface area contributed by atoms with Gasteiger partial charge in [0, 0.05) is 42.9 Å². The van der Waals surface area contributed by atoms with Crippen LogP contribution in [0.15, 0.2) is 0 Å². The minimum Gasteiger partial charge on any atom is -0.462 e. The number of fused-ring (bicyclic) bond motifs is 5. The maximum atomic E-state index is 14.4. The highest BCUT2D eigenvalue weighted by Gasteiger charge is 3.00. The van der Waals surface area contributed by atoms with Crippen LogP contribution in [0.1, 0.15) is 103 Å². The molecule has 11 unspecified atom stereocenters. The van der Waals surface area contributed by atoms with Crippen LogP contribution >= 0.6 is 0 Å². The Balaban J connectivity index is 2.04. The van der Waals surface area contributed by atoms with Gasteiger partial charge < -0.3 is 33.5 Å². The van der Waals surface area contributed by atoms with Crippen molar-refractivity contribution in [3.05, 3.63) is 0 Å². The lowest BCUT2D eigenvalue weighted by Crippen LogP contribution is -2.76. The summed E-state index contributed by atoms with van der Waals surface area (Å²) in [4.78, 5) is 66.4. The van der Waals surface area contributed by atoms with E-state index in [4.69, 9.17) is 28.4 Å². The molecule has 0 aromatic rings. The zero-order valence-corrected chi connectivity index (χ0v) is 30.2. The molecule has 0 bridgehead atoms. The van der Waals surface area contributed by atoms with Crippen LogP contribution in [-0.4, -0.2) is 81.8 Å². The van der Waals surface area contributed by atoms with Crippen LogP contribution in [0.4, 0.5) is 0 Å². The van der Waals surface area contributed by atoms with E-state index in [0.717, 1.165) is 0 Å². The fourth-order valence-corrected chi connectivity index (χ4v) is 8.58. The number of ketones is 1. The summed E-state index contributed by atoms with van der Waals surface area (Å²) in [6.07, 6.45) is -1.19. The van der Waals surface area contributed by atoms with Crippen LogP contribution in [0.5, 0.6) is 0 Å². The predicted octanol–water partition coefficient (Wildman–Crippen LogP) is 3.92. The first-order valence-electron chi connectivity index (χ1n) is 16.9. The molecule has 12 atom stereocenters. The van der Waals surface area contributed by atoms with Crippen molar-refractivity contribution in [3.8, 4) is 0 Å². The molecule has 12 nitrogen and oxygen atoms in total. The van der Waals surface area contributed by atoms with Gasteiger partial charge in [-0.2, -0.15) is 0 Å². The van der Waals surface area contributed by atoms with Crippen LogP contribution in [0, 0.1) is 40.9 Å². The number of Topliss-reactive ketones (excluding diaryl/α,β-unsaturated/α-hetero) is 1. The van der Waals surface area contributed by atoms with E-state index in [1.165, 1.54) is 13.8 Å². The number of hydrogen-bond acceptors (Lipinski definition) is 12. The number of ether oxygens (including phenoxy) is 6. The third-order valence-electron chi connectivity index (χ3n) is 12.2. The highest BCUT2D eigenvalue weighted by molar-refractivity contribution is 5.95. The Bertz CT molecular complexity index is 1330. The smallest absolute Gasteiger partial charge is 0.309 e. The molecule has 4 fully saturated rings. The fraction of sp³-hybridized carbons (Fsp3) is 0.857. The maximum Gasteiger partial charge on any atom is 0.309 e. The van der Waals surface area contributed by atoms with Gasteiger partial charge in [0.1, 0.15) is 18.8 Å². The van der Waals surface area contributed by atoms with E-state index in [1.807, 2.05) is 13.8 Å². The number of rotatable bonds is 11. The molecule has 2 saturated heterocycles. The molecule has 1 N–H and O–H groups in total. The standard InChI is InChI=1S/C35H54O12/c1-14-18(5)28(39)43-26-20(7)33(41)21(8)34(25(38)17(3)4)35(47-34,44-23(10)37)32(16-42-22(9)36)27(45-32)24(33)30(11,12)31(26,13)46-29(40)19(6)15-2/h17-21,24,26-27,41H,14-16H2,1-13H3/t18?,19?,20?,21?,24?,26?,27?,31?,32?,33?,34?,35-/m0/s1. The average Bonchev–Trinajstić information content (AvgIpc) is 3.88. The number of carbonyl (C=O) groups is 5. The fourth-order valence-electron chi connectivity index (χ4n) is 8.58. The molecule has 47 heavy (non-hydrogen) atoms. The van der Waals surface area contributed by atoms with Gasteiger partial charge in [0.25, 0.3) is 5.79 Å². The first-order valence-corrected chi connectivity index (χ1v) is 16.9. The highest BCUT2D eigenvalue weighted by Crippen LogP contribution is 2.78. The van der Waals surface area contributed by atoms with Gasteiger partial charge in [-0.1, -0.05) is 69.2 Å². The van der Waals surface area contributed by atoms with Crippen molar-refractivity contribution in [1.29, 1.82) is 0 Å². The normalized spacial score (nSPS) is 42.3. The Morgan fingerprint density at radius 2 is 1.40 bits per heavy atom. The van der Waals surface area contributed by atoms with Gasteiger partial charge in [-0.3, -0.25) is 24.0 Å². The van der Waals surface area contributed by atoms with Gasteiger partial charge in [-0.05, 0) is 19.8 Å². The molecule has 4 aliphatic rings. The third-order valence-corrected chi connectivity index (χ3v) is 12.2. The van der Waals surface area contributed by atoms with Crippen molar-refractivity contribution in [2.75, 3.05) is 6.61 Å². The minimum atomic E-state index is -2.04. The van der Waals surface area contributed by atoms with Gasteiger partial charge in [-0.15, -0.1) is 0 Å². The molecule has 2 saturated carbocycles. The summed E-state index contributed by atoms with van der Waals surface area (Å²) in [5.74, 6) is -9.47. The quantitative estimate of drug-likeness (QED) is 0.192. The third kappa shape index (κ3) is 4.89. The number of carbonyl (C=O) groups excluding carboxylic acids is 5. The predicted molar refractivity (Wildman–Crippen MR) is 166 cm³/mol. The molecule has 2 aliphatic heterocycles. The van der Waals surface area contributed by atoms with Crippen molar-refractivity contribution in [2.45, 2.75) is 143 Å².